The molecule has 32 heavy (non-hydrogen) atoms. The maximum atomic E-state index is 9.65. The van der Waals surface area contributed by atoms with Gasteiger partial charge in [0.25, 0.3) is 0 Å². The lowest BCUT2D eigenvalue weighted by Gasteiger charge is -2.28. The minimum atomic E-state index is -0.500. The first kappa shape index (κ1) is 23.0. The third kappa shape index (κ3) is 5.99. The standard InChI is InChI=1S/C22H31N7OS2/c1-13(30)12-23-19-27-20(24-14(2)15-7-5-4-6-8-15)29-21(28-19)25-16-9-10-17-18(11-16)32-22(26-17)31-3/h9-11,13-15,30H,4-8,12H2,1-3H3,(H3,23,24,25,27,28,29)/t13-,14-/m0/s1. The van der Waals surface area contributed by atoms with Gasteiger partial charge in [-0.1, -0.05) is 31.0 Å². The number of nitrogens with one attached hydrogen (secondary N) is 3. The molecule has 0 aliphatic heterocycles. The van der Waals surface area contributed by atoms with Gasteiger partial charge in [-0.2, -0.15) is 15.0 Å². The van der Waals surface area contributed by atoms with Crippen molar-refractivity contribution in [2.45, 2.75) is 62.4 Å². The number of hydrogen-bond acceptors (Lipinski definition) is 10. The van der Waals surface area contributed by atoms with Crippen LogP contribution >= 0.6 is 23.1 Å². The molecule has 1 saturated carbocycles. The van der Waals surface area contributed by atoms with E-state index >= 15 is 0 Å². The number of aliphatic hydroxyl groups excluding tert-OH is 1. The smallest absolute Gasteiger partial charge is 0.233 e. The molecule has 0 unspecified atom stereocenters. The zero-order chi connectivity index (χ0) is 22.5. The highest BCUT2D eigenvalue weighted by molar-refractivity contribution is 8.00. The van der Waals surface area contributed by atoms with E-state index in [1.165, 1.54) is 32.1 Å². The molecule has 0 amide bonds. The molecule has 2 aromatic heterocycles. The second kappa shape index (κ2) is 10.6. The SMILES string of the molecule is CSc1nc2ccc(Nc3nc(NC[C@H](C)O)nc(N[C@@H](C)C4CCCCC4)n3)cc2s1. The summed E-state index contributed by atoms with van der Waals surface area (Å²) in [5.74, 6) is 2.06. The van der Waals surface area contributed by atoms with E-state index in [0.717, 1.165) is 20.2 Å². The van der Waals surface area contributed by atoms with E-state index in [-0.39, 0.29) is 6.04 Å². The van der Waals surface area contributed by atoms with Gasteiger partial charge in [-0.3, -0.25) is 0 Å². The fourth-order valence-corrected chi connectivity index (χ4v) is 5.50. The molecule has 4 N–H and O–H groups in total. The zero-order valence-electron chi connectivity index (χ0n) is 18.8. The van der Waals surface area contributed by atoms with Crippen LogP contribution in [0.1, 0.15) is 46.0 Å². The average Bonchev–Trinajstić information content (AvgIpc) is 3.21. The number of aromatic nitrogens is 4. The molecule has 4 rings (SSSR count). The molecule has 0 spiro atoms. The maximum Gasteiger partial charge on any atom is 0.233 e. The number of nitrogens with zero attached hydrogens (tertiary/aromatic N) is 4. The summed E-state index contributed by atoms with van der Waals surface area (Å²) in [5, 5.41) is 19.6. The van der Waals surface area contributed by atoms with Crippen LogP contribution in [0.3, 0.4) is 0 Å². The first-order valence-corrected chi connectivity index (χ1v) is 13.2. The number of anilines is 4. The Hall–Kier alpha value is -2.17. The monoisotopic (exact) mass is 473 g/mol. The zero-order valence-corrected chi connectivity index (χ0v) is 20.4. The van der Waals surface area contributed by atoms with Gasteiger partial charge in [0.1, 0.15) is 0 Å². The third-order valence-corrected chi connectivity index (χ3v) is 7.71. The van der Waals surface area contributed by atoms with Gasteiger partial charge < -0.3 is 21.1 Å². The molecule has 3 aromatic rings. The molecule has 1 aliphatic rings. The van der Waals surface area contributed by atoms with E-state index in [9.17, 15) is 5.11 Å². The van der Waals surface area contributed by atoms with Crippen LogP contribution in [0, 0.1) is 5.92 Å². The topological polar surface area (TPSA) is 108 Å². The Bertz CT molecular complexity index is 1040. The van der Waals surface area contributed by atoms with Crippen LogP contribution in [0.4, 0.5) is 23.5 Å². The van der Waals surface area contributed by atoms with Crippen LogP contribution in [-0.4, -0.2) is 50.0 Å². The van der Waals surface area contributed by atoms with E-state index in [1.807, 2.05) is 18.4 Å². The summed E-state index contributed by atoms with van der Waals surface area (Å²) >= 11 is 3.32. The molecule has 1 aromatic carbocycles. The summed E-state index contributed by atoms with van der Waals surface area (Å²) in [6.07, 6.45) is 7.93. The Morgan fingerprint density at radius 3 is 2.56 bits per heavy atom. The largest absolute Gasteiger partial charge is 0.392 e. The second-order valence-electron chi connectivity index (χ2n) is 8.36. The van der Waals surface area contributed by atoms with Crippen LogP contribution in [0.2, 0.25) is 0 Å². The molecular formula is C22H31N7OS2. The molecule has 2 heterocycles. The van der Waals surface area contributed by atoms with Crippen LogP contribution in [0.5, 0.6) is 0 Å². The molecular weight excluding hydrogens is 442 g/mol. The fourth-order valence-electron chi connectivity index (χ4n) is 3.97. The second-order valence-corrected chi connectivity index (χ2v) is 10.4. The first-order chi connectivity index (χ1) is 15.5. The Morgan fingerprint density at radius 1 is 1.06 bits per heavy atom. The Kier molecular flexibility index (Phi) is 7.64. The average molecular weight is 474 g/mol. The van der Waals surface area contributed by atoms with E-state index in [4.69, 9.17) is 0 Å². The molecule has 0 saturated heterocycles. The number of thioether (sulfide) groups is 1. The van der Waals surface area contributed by atoms with Crippen LogP contribution in [-0.2, 0) is 0 Å². The van der Waals surface area contributed by atoms with E-state index < -0.39 is 6.10 Å². The fraction of sp³-hybridized carbons (Fsp3) is 0.545. The summed E-state index contributed by atoms with van der Waals surface area (Å²) in [6.45, 7) is 4.30. The maximum absolute atomic E-state index is 9.65. The number of benzene rings is 1. The van der Waals surface area contributed by atoms with Gasteiger partial charge in [0.05, 0.1) is 16.3 Å². The quantitative estimate of drug-likeness (QED) is 0.315. The summed E-state index contributed by atoms with van der Waals surface area (Å²) in [7, 11) is 0. The van der Waals surface area contributed by atoms with E-state index in [2.05, 4.69) is 48.9 Å². The molecule has 172 valence electrons. The highest BCUT2D eigenvalue weighted by Gasteiger charge is 2.21. The molecule has 2 atom stereocenters. The normalized spacial score (nSPS) is 16.6. The summed E-state index contributed by atoms with van der Waals surface area (Å²) < 4.78 is 2.16. The summed E-state index contributed by atoms with van der Waals surface area (Å²) in [5.41, 5.74) is 1.89. The molecule has 1 aliphatic carbocycles. The van der Waals surface area contributed by atoms with E-state index in [0.29, 0.717) is 30.3 Å². The lowest BCUT2D eigenvalue weighted by molar-refractivity contribution is 0.208. The van der Waals surface area contributed by atoms with Crippen molar-refractivity contribution in [2.75, 3.05) is 28.8 Å². The van der Waals surface area contributed by atoms with Crippen molar-refractivity contribution in [3.8, 4) is 0 Å². The molecule has 1 fully saturated rings. The first-order valence-electron chi connectivity index (χ1n) is 11.2. The van der Waals surface area contributed by atoms with Crippen molar-refractivity contribution in [1.29, 1.82) is 0 Å². The van der Waals surface area contributed by atoms with Crippen molar-refractivity contribution in [2.24, 2.45) is 5.92 Å². The van der Waals surface area contributed by atoms with Gasteiger partial charge in [-0.05, 0) is 57.1 Å². The molecule has 10 heteroatoms. The Labute approximate surface area is 197 Å². The van der Waals surface area contributed by atoms with Gasteiger partial charge in [0.15, 0.2) is 4.34 Å². The minimum absolute atomic E-state index is 0.286. The molecule has 8 nitrogen and oxygen atoms in total. The number of aliphatic hydroxyl groups is 1. The Balaban J connectivity index is 1.55. The number of rotatable bonds is 9. The highest BCUT2D eigenvalue weighted by atomic mass is 32.2. The number of thiazole rings is 1. The van der Waals surface area contributed by atoms with Crippen molar-refractivity contribution < 1.29 is 5.11 Å². The van der Waals surface area contributed by atoms with Gasteiger partial charge >= 0.3 is 0 Å². The van der Waals surface area contributed by atoms with Crippen LogP contribution in [0.25, 0.3) is 10.2 Å². The highest BCUT2D eigenvalue weighted by Crippen LogP contribution is 2.31. The van der Waals surface area contributed by atoms with Gasteiger partial charge in [-0.15, -0.1) is 11.3 Å². The van der Waals surface area contributed by atoms with E-state index in [1.54, 1.807) is 30.0 Å². The molecule has 0 radical (unpaired) electrons. The summed E-state index contributed by atoms with van der Waals surface area (Å²) in [6, 6.07) is 6.34. The Morgan fingerprint density at radius 2 is 1.81 bits per heavy atom. The van der Waals surface area contributed by atoms with Crippen LogP contribution < -0.4 is 16.0 Å². The number of hydrogen-bond donors (Lipinski definition) is 4. The van der Waals surface area contributed by atoms with Crippen molar-refractivity contribution in [1.82, 2.24) is 19.9 Å². The van der Waals surface area contributed by atoms with Crippen molar-refractivity contribution in [3.63, 3.8) is 0 Å². The lowest BCUT2D eigenvalue weighted by atomic mass is 9.85. The van der Waals surface area contributed by atoms with Crippen molar-refractivity contribution in [3.05, 3.63) is 18.2 Å². The molecule has 0 bridgehead atoms. The van der Waals surface area contributed by atoms with Gasteiger partial charge in [0, 0.05) is 18.3 Å². The predicted octanol–water partition coefficient (Wildman–Crippen LogP) is 5.12. The lowest BCUT2D eigenvalue weighted by Crippen LogP contribution is -2.29. The van der Waals surface area contributed by atoms with Crippen LogP contribution in [0.15, 0.2) is 22.5 Å². The minimum Gasteiger partial charge on any atom is -0.392 e. The van der Waals surface area contributed by atoms with Crippen molar-refractivity contribution >= 4 is 56.8 Å². The predicted molar refractivity (Wildman–Crippen MR) is 134 cm³/mol. The van der Waals surface area contributed by atoms with Gasteiger partial charge in [-0.25, -0.2) is 4.98 Å². The number of fused-ring (bicyclic) bond motifs is 1. The summed E-state index contributed by atoms with van der Waals surface area (Å²) in [4.78, 5) is 18.3. The van der Waals surface area contributed by atoms with Gasteiger partial charge in [0.2, 0.25) is 17.8 Å². The third-order valence-electron chi connectivity index (χ3n) is 5.70.